The third-order valence-corrected chi connectivity index (χ3v) is 3.01. The molecule has 1 aromatic heterocycles. The fourth-order valence-corrected chi connectivity index (χ4v) is 1.90. The molecule has 1 atom stereocenters. The minimum Gasteiger partial charge on any atom is -0.504 e. The molecule has 18 heavy (non-hydrogen) atoms. The number of hydrogen-bond acceptors (Lipinski definition) is 4. The van der Waals surface area contributed by atoms with Crippen LogP contribution in [-0.2, 0) is 0 Å². The van der Waals surface area contributed by atoms with E-state index in [1.807, 2.05) is 12.1 Å². The van der Waals surface area contributed by atoms with E-state index < -0.39 is 0 Å². The first-order valence-corrected chi connectivity index (χ1v) is 6.36. The molecule has 4 nitrogen and oxygen atoms in total. The van der Waals surface area contributed by atoms with Crippen molar-refractivity contribution in [2.75, 3.05) is 13.2 Å². The monoisotopic (exact) mass is 311 g/mol. The molecule has 0 saturated heterocycles. The molecule has 0 bridgehead atoms. The van der Waals surface area contributed by atoms with Gasteiger partial charge in [0.15, 0.2) is 16.2 Å². The molecule has 0 fully saturated rings. The van der Waals surface area contributed by atoms with Crippen LogP contribution in [0.1, 0.15) is 11.7 Å². The summed E-state index contributed by atoms with van der Waals surface area (Å²) in [5.41, 5.74) is 5.70. The molecule has 2 aromatic rings. The van der Waals surface area contributed by atoms with Gasteiger partial charge in [-0.1, -0.05) is 12.1 Å². The maximum Gasteiger partial charge on any atom is 0.169 e. The lowest BCUT2D eigenvalue weighted by Crippen LogP contribution is -2.19. The van der Waals surface area contributed by atoms with E-state index in [1.54, 1.807) is 24.3 Å². The van der Waals surface area contributed by atoms with Crippen LogP contribution >= 0.6 is 15.9 Å². The van der Waals surface area contributed by atoms with Crippen molar-refractivity contribution in [2.45, 2.75) is 5.92 Å². The number of aromatic hydroxyl groups is 1. The number of para-hydroxylation sites is 2. The van der Waals surface area contributed by atoms with Crippen molar-refractivity contribution in [1.29, 1.82) is 0 Å². The topological polar surface area (TPSA) is 68.6 Å². The fraction of sp³-hybridized carbons (Fsp3) is 0.231. The number of hydrogen-bond donors (Lipinski definition) is 2. The van der Waals surface area contributed by atoms with Gasteiger partial charge < -0.3 is 20.0 Å². The first kappa shape index (κ1) is 13.0. The Bertz CT molecular complexity index is 512. The number of nitrogens with two attached hydrogens (primary N) is 1. The zero-order valence-corrected chi connectivity index (χ0v) is 11.3. The number of benzene rings is 1. The van der Waals surface area contributed by atoms with Crippen molar-refractivity contribution in [1.82, 2.24) is 0 Å². The normalized spacial score (nSPS) is 12.3. The number of phenols is 1. The van der Waals surface area contributed by atoms with Crippen LogP contribution in [0.5, 0.6) is 11.5 Å². The van der Waals surface area contributed by atoms with E-state index in [9.17, 15) is 5.11 Å². The highest BCUT2D eigenvalue weighted by molar-refractivity contribution is 9.10. The fourth-order valence-electron chi connectivity index (χ4n) is 1.58. The predicted octanol–water partition coefficient (Wildman–Crippen LogP) is 2.87. The molecular formula is C13H14BrNO3. The van der Waals surface area contributed by atoms with Crippen molar-refractivity contribution >= 4 is 15.9 Å². The number of phenolic OH excluding ortho intramolecular Hbond substituents is 1. The van der Waals surface area contributed by atoms with Gasteiger partial charge in [0.2, 0.25) is 0 Å². The lowest BCUT2D eigenvalue weighted by Gasteiger charge is -2.14. The summed E-state index contributed by atoms with van der Waals surface area (Å²) < 4.78 is 11.7. The van der Waals surface area contributed by atoms with Crippen LogP contribution in [0.4, 0.5) is 0 Å². The summed E-state index contributed by atoms with van der Waals surface area (Å²) in [6, 6.07) is 10.5. The minimum absolute atomic E-state index is 0.0455. The molecule has 0 aliphatic carbocycles. The Kier molecular flexibility index (Phi) is 4.28. The molecule has 1 aromatic carbocycles. The Morgan fingerprint density at radius 2 is 2.06 bits per heavy atom. The van der Waals surface area contributed by atoms with Gasteiger partial charge in [-0.05, 0) is 40.2 Å². The number of rotatable bonds is 5. The zero-order chi connectivity index (χ0) is 13.0. The molecule has 1 unspecified atom stereocenters. The third-order valence-electron chi connectivity index (χ3n) is 2.59. The molecule has 0 radical (unpaired) electrons. The first-order chi connectivity index (χ1) is 8.70. The summed E-state index contributed by atoms with van der Waals surface area (Å²) in [6.07, 6.45) is 0. The van der Waals surface area contributed by atoms with Crippen LogP contribution in [0.3, 0.4) is 0 Å². The highest BCUT2D eigenvalue weighted by Gasteiger charge is 2.15. The lowest BCUT2D eigenvalue weighted by atomic mass is 10.1. The van der Waals surface area contributed by atoms with Gasteiger partial charge in [-0.25, -0.2) is 0 Å². The lowest BCUT2D eigenvalue weighted by molar-refractivity contribution is 0.260. The molecule has 96 valence electrons. The van der Waals surface area contributed by atoms with Crippen molar-refractivity contribution in [2.24, 2.45) is 5.73 Å². The highest BCUT2D eigenvalue weighted by atomic mass is 79.9. The van der Waals surface area contributed by atoms with Crippen LogP contribution in [0.15, 0.2) is 45.5 Å². The van der Waals surface area contributed by atoms with E-state index in [0.29, 0.717) is 23.6 Å². The van der Waals surface area contributed by atoms with Gasteiger partial charge in [-0.2, -0.15) is 0 Å². The average Bonchev–Trinajstić information content (AvgIpc) is 2.79. The van der Waals surface area contributed by atoms with Crippen LogP contribution in [0, 0.1) is 0 Å². The number of halogens is 1. The number of furan rings is 1. The van der Waals surface area contributed by atoms with Gasteiger partial charge in [0, 0.05) is 6.54 Å². The summed E-state index contributed by atoms with van der Waals surface area (Å²) in [6.45, 7) is 0.765. The van der Waals surface area contributed by atoms with Gasteiger partial charge in [-0.15, -0.1) is 0 Å². The molecule has 0 saturated carbocycles. The standard InChI is InChI=1S/C13H14BrNO3/c14-13-6-5-11(18-13)9(7-15)8-17-12-4-2-1-3-10(12)16/h1-6,9,16H,7-8,15H2. The molecule has 0 spiro atoms. The van der Waals surface area contributed by atoms with Crippen molar-refractivity contribution in [3.8, 4) is 11.5 Å². The Morgan fingerprint density at radius 3 is 2.67 bits per heavy atom. The second kappa shape index (κ2) is 5.93. The Balaban J connectivity index is 2.02. The van der Waals surface area contributed by atoms with E-state index in [4.69, 9.17) is 14.9 Å². The Hall–Kier alpha value is -1.46. The smallest absolute Gasteiger partial charge is 0.169 e. The van der Waals surface area contributed by atoms with E-state index >= 15 is 0 Å². The second-order valence-electron chi connectivity index (χ2n) is 3.85. The highest BCUT2D eigenvalue weighted by Crippen LogP contribution is 2.27. The van der Waals surface area contributed by atoms with Crippen molar-refractivity contribution in [3.05, 3.63) is 46.8 Å². The van der Waals surface area contributed by atoms with E-state index in [1.165, 1.54) is 0 Å². The quantitative estimate of drug-likeness (QED) is 0.891. The molecule has 0 aliphatic rings. The van der Waals surface area contributed by atoms with Gasteiger partial charge >= 0.3 is 0 Å². The van der Waals surface area contributed by atoms with Crippen LogP contribution in [0.2, 0.25) is 0 Å². The summed E-state index contributed by atoms with van der Waals surface area (Å²) in [7, 11) is 0. The molecule has 3 N–H and O–H groups in total. The van der Waals surface area contributed by atoms with E-state index in [-0.39, 0.29) is 11.7 Å². The molecule has 1 heterocycles. The van der Waals surface area contributed by atoms with E-state index in [0.717, 1.165) is 5.76 Å². The van der Waals surface area contributed by atoms with Crippen LogP contribution in [0.25, 0.3) is 0 Å². The molecule has 2 rings (SSSR count). The van der Waals surface area contributed by atoms with Gasteiger partial charge in [0.05, 0.1) is 12.5 Å². The maximum absolute atomic E-state index is 9.58. The second-order valence-corrected chi connectivity index (χ2v) is 4.63. The van der Waals surface area contributed by atoms with Gasteiger partial charge in [-0.3, -0.25) is 0 Å². The van der Waals surface area contributed by atoms with E-state index in [2.05, 4.69) is 15.9 Å². The summed E-state index contributed by atoms with van der Waals surface area (Å²) in [4.78, 5) is 0. The molecular weight excluding hydrogens is 298 g/mol. The predicted molar refractivity (Wildman–Crippen MR) is 71.8 cm³/mol. The average molecular weight is 312 g/mol. The van der Waals surface area contributed by atoms with Crippen molar-refractivity contribution in [3.63, 3.8) is 0 Å². The maximum atomic E-state index is 9.58. The molecule has 0 aliphatic heterocycles. The zero-order valence-electron chi connectivity index (χ0n) is 9.67. The summed E-state index contributed by atoms with van der Waals surface area (Å²) >= 11 is 3.25. The minimum atomic E-state index is -0.0455. The van der Waals surface area contributed by atoms with Gasteiger partial charge in [0.1, 0.15) is 5.76 Å². The summed E-state index contributed by atoms with van der Waals surface area (Å²) in [5.74, 6) is 1.28. The third kappa shape index (κ3) is 3.05. The van der Waals surface area contributed by atoms with Gasteiger partial charge in [0.25, 0.3) is 0 Å². The molecule has 0 amide bonds. The summed E-state index contributed by atoms with van der Waals surface area (Å²) in [5, 5.41) is 9.58. The van der Waals surface area contributed by atoms with Crippen molar-refractivity contribution < 1.29 is 14.3 Å². The van der Waals surface area contributed by atoms with Crippen LogP contribution in [-0.4, -0.2) is 18.3 Å². The molecule has 5 heteroatoms. The van der Waals surface area contributed by atoms with Crippen LogP contribution < -0.4 is 10.5 Å². The first-order valence-electron chi connectivity index (χ1n) is 5.57. The largest absolute Gasteiger partial charge is 0.504 e. The Morgan fingerprint density at radius 1 is 1.28 bits per heavy atom. The Labute approximate surface area is 113 Å². The SMILES string of the molecule is NCC(COc1ccccc1O)c1ccc(Br)o1. The number of ether oxygens (including phenoxy) is 1.